The zero-order valence-corrected chi connectivity index (χ0v) is 14.7. The topological polar surface area (TPSA) is 40.5 Å². The molecule has 0 aromatic heterocycles. The summed E-state index contributed by atoms with van der Waals surface area (Å²) in [6.07, 6.45) is 0.950. The van der Waals surface area contributed by atoms with Crippen molar-refractivity contribution in [2.24, 2.45) is 0 Å². The van der Waals surface area contributed by atoms with Gasteiger partial charge in [0.2, 0.25) is 0 Å². The van der Waals surface area contributed by atoms with Crippen molar-refractivity contribution in [2.75, 3.05) is 0 Å². The molecule has 0 atom stereocenters. The number of phenolic OH excluding ortho intramolecular Hbond substituents is 2. The smallest absolute Gasteiger partial charge is 0.123 e. The highest BCUT2D eigenvalue weighted by Gasteiger charge is 2.11. The highest BCUT2D eigenvalue weighted by molar-refractivity contribution is 6.36. The van der Waals surface area contributed by atoms with Crippen LogP contribution in [0.25, 0.3) is 0 Å². The van der Waals surface area contributed by atoms with E-state index in [0.29, 0.717) is 28.5 Å². The fraction of sp³-hybridized carbons (Fsp3) is 0.100. The van der Waals surface area contributed by atoms with Crippen LogP contribution >= 0.6 is 23.2 Å². The van der Waals surface area contributed by atoms with Crippen LogP contribution in [0.1, 0.15) is 22.3 Å². The summed E-state index contributed by atoms with van der Waals surface area (Å²) in [4.78, 5) is 0. The molecule has 3 rings (SSSR count). The van der Waals surface area contributed by atoms with Crippen LogP contribution in [-0.2, 0) is 12.8 Å². The standard InChI is InChI=1S/C20H15Cl2FO2/c21-18-10-16(24)11-19(22)17(18)9-13-3-6-20(25)14(8-13)7-12-1-4-15(23)5-2-12/h1-6,8,10-11,24-25H,7,9H2. The van der Waals surface area contributed by atoms with E-state index >= 15 is 0 Å². The van der Waals surface area contributed by atoms with Crippen molar-refractivity contribution in [3.63, 3.8) is 0 Å². The van der Waals surface area contributed by atoms with Crippen molar-refractivity contribution in [2.45, 2.75) is 12.8 Å². The lowest BCUT2D eigenvalue weighted by Crippen LogP contribution is -1.95. The fourth-order valence-electron chi connectivity index (χ4n) is 2.68. The van der Waals surface area contributed by atoms with Crippen LogP contribution in [0.3, 0.4) is 0 Å². The Morgan fingerprint density at radius 3 is 2.00 bits per heavy atom. The van der Waals surface area contributed by atoms with Gasteiger partial charge in [-0.1, -0.05) is 47.5 Å². The molecule has 0 aliphatic carbocycles. The van der Waals surface area contributed by atoms with E-state index < -0.39 is 0 Å². The van der Waals surface area contributed by atoms with Crippen LogP contribution in [-0.4, -0.2) is 10.2 Å². The Balaban J connectivity index is 1.88. The lowest BCUT2D eigenvalue weighted by atomic mass is 9.98. The number of hydrogen-bond donors (Lipinski definition) is 2. The van der Waals surface area contributed by atoms with Crippen LogP contribution in [0, 0.1) is 5.82 Å². The summed E-state index contributed by atoms with van der Waals surface area (Å²) in [5.41, 5.74) is 3.26. The van der Waals surface area contributed by atoms with E-state index in [1.54, 1.807) is 24.3 Å². The van der Waals surface area contributed by atoms with Crippen molar-refractivity contribution in [3.05, 3.63) is 92.7 Å². The first-order valence-corrected chi connectivity index (χ1v) is 8.40. The molecule has 0 fully saturated rings. The molecule has 2 nitrogen and oxygen atoms in total. The van der Waals surface area contributed by atoms with Crippen LogP contribution in [0.4, 0.5) is 4.39 Å². The zero-order chi connectivity index (χ0) is 18.0. The van der Waals surface area contributed by atoms with E-state index in [0.717, 1.165) is 16.7 Å². The molecule has 3 aromatic carbocycles. The van der Waals surface area contributed by atoms with Crippen LogP contribution < -0.4 is 0 Å². The van der Waals surface area contributed by atoms with E-state index in [4.69, 9.17) is 23.2 Å². The molecule has 2 N–H and O–H groups in total. The Kier molecular flexibility index (Phi) is 5.16. The second-order valence-corrected chi connectivity index (χ2v) is 6.65. The molecule has 0 aliphatic heterocycles. The number of rotatable bonds is 4. The molecule has 128 valence electrons. The molecule has 0 heterocycles. The molecule has 0 spiro atoms. The van der Waals surface area contributed by atoms with Gasteiger partial charge in [0.25, 0.3) is 0 Å². The molecule has 3 aromatic rings. The summed E-state index contributed by atoms with van der Waals surface area (Å²) in [7, 11) is 0. The third kappa shape index (κ3) is 4.25. The Hall–Kier alpha value is -2.23. The Morgan fingerprint density at radius 1 is 0.760 bits per heavy atom. The zero-order valence-electron chi connectivity index (χ0n) is 13.1. The summed E-state index contributed by atoms with van der Waals surface area (Å²) in [6, 6.07) is 14.4. The predicted octanol–water partition coefficient (Wildman–Crippen LogP) is 5.73. The van der Waals surface area contributed by atoms with Gasteiger partial charge < -0.3 is 10.2 Å². The van der Waals surface area contributed by atoms with Crippen molar-refractivity contribution in [3.8, 4) is 11.5 Å². The lowest BCUT2D eigenvalue weighted by Gasteiger charge is -2.11. The first kappa shape index (κ1) is 17.6. The molecule has 0 bridgehead atoms. The minimum absolute atomic E-state index is 0.0152. The van der Waals surface area contributed by atoms with Crippen molar-refractivity contribution in [1.82, 2.24) is 0 Å². The fourth-order valence-corrected chi connectivity index (χ4v) is 3.28. The van der Waals surface area contributed by atoms with Gasteiger partial charge in [-0.15, -0.1) is 0 Å². The molecule has 0 amide bonds. The number of hydrogen-bond acceptors (Lipinski definition) is 2. The average Bonchev–Trinajstić information content (AvgIpc) is 2.56. The number of benzene rings is 3. The molecular formula is C20H15Cl2FO2. The third-order valence-corrected chi connectivity index (χ3v) is 4.63. The first-order chi connectivity index (χ1) is 11.9. The highest BCUT2D eigenvalue weighted by atomic mass is 35.5. The minimum Gasteiger partial charge on any atom is -0.508 e. The molecular weight excluding hydrogens is 362 g/mol. The minimum atomic E-state index is -0.293. The second-order valence-electron chi connectivity index (χ2n) is 5.83. The third-order valence-electron chi connectivity index (χ3n) is 3.96. The van der Waals surface area contributed by atoms with Gasteiger partial charge in [-0.2, -0.15) is 0 Å². The van der Waals surface area contributed by atoms with Crippen molar-refractivity contribution >= 4 is 23.2 Å². The van der Waals surface area contributed by atoms with Crippen LogP contribution in [0.15, 0.2) is 54.6 Å². The number of phenols is 2. The Labute approximate surface area is 155 Å². The summed E-state index contributed by atoms with van der Waals surface area (Å²) in [6.45, 7) is 0. The van der Waals surface area contributed by atoms with E-state index in [1.165, 1.54) is 24.3 Å². The van der Waals surface area contributed by atoms with Gasteiger partial charge in [-0.25, -0.2) is 4.39 Å². The highest BCUT2D eigenvalue weighted by Crippen LogP contribution is 2.32. The van der Waals surface area contributed by atoms with Gasteiger partial charge in [0.05, 0.1) is 0 Å². The van der Waals surface area contributed by atoms with Gasteiger partial charge in [-0.3, -0.25) is 0 Å². The molecule has 25 heavy (non-hydrogen) atoms. The van der Waals surface area contributed by atoms with Gasteiger partial charge in [-0.05, 0) is 52.6 Å². The maximum absolute atomic E-state index is 13.0. The van der Waals surface area contributed by atoms with Crippen LogP contribution in [0.2, 0.25) is 10.0 Å². The molecule has 0 radical (unpaired) electrons. The summed E-state index contributed by atoms with van der Waals surface area (Å²) in [5, 5.41) is 20.4. The Morgan fingerprint density at radius 2 is 1.36 bits per heavy atom. The molecule has 0 aliphatic rings. The summed E-state index contributed by atoms with van der Waals surface area (Å²) < 4.78 is 13.0. The molecule has 5 heteroatoms. The lowest BCUT2D eigenvalue weighted by molar-refractivity contribution is 0.469. The van der Waals surface area contributed by atoms with Crippen LogP contribution in [0.5, 0.6) is 11.5 Å². The van der Waals surface area contributed by atoms with E-state index in [9.17, 15) is 14.6 Å². The number of halogens is 3. The molecule has 0 saturated carbocycles. The summed E-state index contributed by atoms with van der Waals surface area (Å²) in [5.74, 6) is -0.101. The average molecular weight is 377 g/mol. The van der Waals surface area contributed by atoms with E-state index in [2.05, 4.69) is 0 Å². The van der Waals surface area contributed by atoms with Gasteiger partial charge in [0.1, 0.15) is 17.3 Å². The van der Waals surface area contributed by atoms with Crippen molar-refractivity contribution in [1.29, 1.82) is 0 Å². The van der Waals surface area contributed by atoms with Gasteiger partial charge >= 0.3 is 0 Å². The summed E-state index contributed by atoms with van der Waals surface area (Å²) >= 11 is 12.3. The largest absolute Gasteiger partial charge is 0.508 e. The maximum Gasteiger partial charge on any atom is 0.123 e. The number of aromatic hydroxyl groups is 2. The molecule has 0 unspecified atom stereocenters. The monoisotopic (exact) mass is 376 g/mol. The van der Waals surface area contributed by atoms with E-state index in [-0.39, 0.29) is 17.3 Å². The molecule has 0 saturated heterocycles. The predicted molar refractivity (Wildman–Crippen MR) is 98.2 cm³/mol. The maximum atomic E-state index is 13.0. The quantitative estimate of drug-likeness (QED) is 0.610. The van der Waals surface area contributed by atoms with E-state index in [1.807, 2.05) is 6.07 Å². The van der Waals surface area contributed by atoms with Crippen molar-refractivity contribution < 1.29 is 14.6 Å². The Bertz CT molecular complexity index is 885. The van der Waals surface area contributed by atoms with Gasteiger partial charge in [0.15, 0.2) is 0 Å². The van der Waals surface area contributed by atoms with Gasteiger partial charge in [0, 0.05) is 22.9 Å². The normalized spacial score (nSPS) is 10.8. The second kappa shape index (κ2) is 7.34. The SMILES string of the molecule is Oc1cc(Cl)c(Cc2ccc(O)c(Cc3ccc(F)cc3)c2)c(Cl)c1. The first-order valence-electron chi connectivity index (χ1n) is 7.64.